The number of halogens is 1. The Hall–Kier alpha value is -3.88. The topological polar surface area (TPSA) is 128 Å². The second kappa shape index (κ2) is 14.5. The van der Waals surface area contributed by atoms with E-state index in [9.17, 15) is 23.9 Å². The summed E-state index contributed by atoms with van der Waals surface area (Å²) in [5.74, 6) is -3.10. The third kappa shape index (κ3) is 7.84. The van der Waals surface area contributed by atoms with Crippen LogP contribution < -0.4 is 16.2 Å². The molecule has 1 aliphatic rings. The number of benzene rings is 3. The molecule has 0 spiro atoms. The number of primary amides is 1. The van der Waals surface area contributed by atoms with Crippen LogP contribution in [0, 0.1) is 0 Å². The van der Waals surface area contributed by atoms with Crippen LogP contribution in [-0.2, 0) is 37.4 Å². The van der Waals surface area contributed by atoms with Crippen molar-refractivity contribution in [3.8, 4) is 0 Å². The van der Waals surface area contributed by atoms with E-state index >= 15 is 0 Å². The standard InChI is InChI=1S/C30H31FN4O4.Ni/c31-23(28(32)36)18-25(30(38)39)33-27(21-12-5-2-6-13-21)22-14-7-8-15-24(22)34-29(37)26-16-9-17-35(26)19-20-10-3-1-4-11-20;/h1-8,10-15,23,25-26H,9,16-19H2,(H2,32,36)(H,34,37)(H,38,39);/p-1/i31-1;. The third-order valence-electron chi connectivity index (χ3n) is 6.68. The number of anilines is 1. The fourth-order valence-electron chi connectivity index (χ4n) is 4.71. The molecule has 1 aliphatic heterocycles. The summed E-state index contributed by atoms with van der Waals surface area (Å²) in [4.78, 5) is 43.1. The third-order valence-corrected chi connectivity index (χ3v) is 6.68. The van der Waals surface area contributed by atoms with E-state index in [1.165, 1.54) is 0 Å². The largest absolute Gasteiger partial charge is 0.548 e. The van der Waals surface area contributed by atoms with Gasteiger partial charge < -0.3 is 21.0 Å². The molecule has 0 radical (unpaired) electrons. The Morgan fingerprint density at radius 2 is 1.62 bits per heavy atom. The van der Waals surface area contributed by atoms with Gasteiger partial charge in [0.25, 0.3) is 5.91 Å². The van der Waals surface area contributed by atoms with Gasteiger partial charge in [0.1, 0.15) is 0 Å². The number of para-hydroxylation sites is 1. The number of hydrogen-bond acceptors (Lipinski definition) is 6. The first-order valence-corrected chi connectivity index (χ1v) is 12.8. The van der Waals surface area contributed by atoms with Gasteiger partial charge in [0, 0.05) is 40.6 Å². The molecule has 3 aromatic carbocycles. The number of alkyl halides is 1. The average Bonchev–Trinajstić information content (AvgIpc) is 3.40. The van der Waals surface area contributed by atoms with E-state index in [-0.39, 0.29) is 34.2 Å². The van der Waals surface area contributed by atoms with E-state index in [1.807, 2.05) is 30.3 Å². The van der Waals surface area contributed by atoms with E-state index in [2.05, 4.69) is 15.2 Å². The SMILES string of the molecule is NC(=O)C([18F])CC(N=C(c1ccccc1)c1ccccc1NC(=O)C1CCCN1Cc1ccccc1)C(=O)[O-].[Ni]. The molecule has 3 atom stereocenters. The molecule has 4 rings (SSSR count). The van der Waals surface area contributed by atoms with Crippen molar-refractivity contribution in [2.24, 2.45) is 10.7 Å². The van der Waals surface area contributed by atoms with E-state index in [0.29, 0.717) is 29.8 Å². The van der Waals surface area contributed by atoms with E-state index in [4.69, 9.17) is 5.73 Å². The summed E-state index contributed by atoms with van der Waals surface area (Å²) < 4.78 is 14.1. The molecule has 1 saturated heterocycles. The first kappa shape index (κ1) is 30.7. The zero-order valence-electron chi connectivity index (χ0n) is 21.6. The van der Waals surface area contributed by atoms with Crippen molar-refractivity contribution < 1.29 is 40.4 Å². The van der Waals surface area contributed by atoms with Gasteiger partial charge in [-0.25, -0.2) is 4.39 Å². The molecule has 10 heteroatoms. The predicted octanol–water partition coefficient (Wildman–Crippen LogP) is 2.46. The molecule has 0 aromatic heterocycles. The van der Waals surface area contributed by atoms with Gasteiger partial charge >= 0.3 is 0 Å². The van der Waals surface area contributed by atoms with Crippen molar-refractivity contribution in [2.45, 2.75) is 44.1 Å². The summed E-state index contributed by atoms with van der Waals surface area (Å²) in [6.07, 6.45) is -1.38. The Labute approximate surface area is 242 Å². The molecule has 3 aromatic rings. The van der Waals surface area contributed by atoms with Crippen LogP contribution in [0.1, 0.15) is 36.0 Å². The Morgan fingerprint density at radius 1 is 1.00 bits per heavy atom. The van der Waals surface area contributed by atoms with Crippen LogP contribution in [0.4, 0.5) is 10.1 Å². The molecule has 2 amide bonds. The van der Waals surface area contributed by atoms with Crippen molar-refractivity contribution in [1.82, 2.24) is 4.90 Å². The number of likely N-dealkylation sites (tertiary alicyclic amines) is 1. The number of nitrogens with two attached hydrogens (primary N) is 1. The molecule has 8 nitrogen and oxygen atoms in total. The summed E-state index contributed by atoms with van der Waals surface area (Å²) in [5.41, 5.74) is 7.77. The Bertz CT molecular complexity index is 1340. The maximum Gasteiger partial charge on any atom is 0.252 e. The summed E-state index contributed by atoms with van der Waals surface area (Å²) in [6.45, 7) is 1.44. The van der Waals surface area contributed by atoms with Crippen molar-refractivity contribution in [2.75, 3.05) is 11.9 Å². The minimum Gasteiger partial charge on any atom is -0.548 e. The number of rotatable bonds is 11. The van der Waals surface area contributed by atoms with E-state index < -0.39 is 30.5 Å². The van der Waals surface area contributed by atoms with Gasteiger partial charge in [0.15, 0.2) is 6.17 Å². The van der Waals surface area contributed by atoms with Gasteiger partial charge in [-0.2, -0.15) is 0 Å². The number of nitrogens with zero attached hydrogens (tertiary/aromatic N) is 2. The second-order valence-corrected chi connectivity index (χ2v) is 9.43. The second-order valence-electron chi connectivity index (χ2n) is 9.43. The van der Waals surface area contributed by atoms with Crippen LogP contribution in [0.15, 0.2) is 89.9 Å². The van der Waals surface area contributed by atoms with Gasteiger partial charge in [-0.3, -0.25) is 19.5 Å². The Kier molecular flexibility index (Phi) is 11.1. The number of aliphatic carboxylic acids is 1. The molecule has 1 heterocycles. The molecule has 3 N–H and O–H groups in total. The molecular weight excluding hydrogens is 557 g/mol. The number of aliphatic imine (C=N–C) groups is 1. The van der Waals surface area contributed by atoms with Gasteiger partial charge in [-0.05, 0) is 31.0 Å². The maximum absolute atomic E-state index is 14.1. The Balaban J connectivity index is 0.00000441. The fraction of sp³-hybridized carbons (Fsp3) is 0.267. The minimum absolute atomic E-state index is 0. The van der Waals surface area contributed by atoms with Crippen LogP contribution in [0.5, 0.6) is 0 Å². The minimum atomic E-state index is -2.21. The van der Waals surface area contributed by atoms with Crippen molar-refractivity contribution >= 4 is 29.2 Å². The van der Waals surface area contributed by atoms with Crippen LogP contribution in [-0.4, -0.2) is 53.2 Å². The number of carbonyl (C=O) groups excluding carboxylic acids is 3. The van der Waals surface area contributed by atoms with Crippen molar-refractivity contribution in [1.29, 1.82) is 0 Å². The zero-order chi connectivity index (χ0) is 27.8. The molecule has 1 fully saturated rings. The maximum atomic E-state index is 14.1. The summed E-state index contributed by atoms with van der Waals surface area (Å²) in [6, 6.07) is 23.6. The quantitative estimate of drug-likeness (QED) is 0.263. The van der Waals surface area contributed by atoms with Crippen LogP contribution in [0.2, 0.25) is 0 Å². The van der Waals surface area contributed by atoms with Crippen molar-refractivity contribution in [3.05, 3.63) is 102 Å². The summed E-state index contributed by atoms with van der Waals surface area (Å²) >= 11 is 0. The first-order valence-electron chi connectivity index (χ1n) is 12.8. The van der Waals surface area contributed by atoms with Crippen LogP contribution in [0.3, 0.4) is 0 Å². The number of carbonyl (C=O) groups is 3. The predicted molar refractivity (Wildman–Crippen MR) is 145 cm³/mol. The number of amides is 2. The van der Waals surface area contributed by atoms with E-state index in [1.54, 1.807) is 54.6 Å². The first-order chi connectivity index (χ1) is 18.8. The Morgan fingerprint density at radius 3 is 2.27 bits per heavy atom. The molecule has 40 heavy (non-hydrogen) atoms. The van der Waals surface area contributed by atoms with Crippen molar-refractivity contribution in [3.63, 3.8) is 0 Å². The number of carboxylic acids is 1. The molecule has 0 bridgehead atoms. The van der Waals surface area contributed by atoms with Gasteiger partial charge in [0.2, 0.25) is 5.91 Å². The molecular formula is C30H30FN4NiO4-. The summed E-state index contributed by atoms with van der Waals surface area (Å²) in [7, 11) is 0. The smallest absolute Gasteiger partial charge is 0.252 e. The van der Waals surface area contributed by atoms with Crippen LogP contribution >= 0.6 is 0 Å². The molecule has 0 aliphatic carbocycles. The number of hydrogen-bond donors (Lipinski definition) is 2. The molecule has 212 valence electrons. The van der Waals surface area contributed by atoms with Gasteiger partial charge in [-0.1, -0.05) is 78.9 Å². The summed E-state index contributed by atoms with van der Waals surface area (Å²) in [5, 5.41) is 14.9. The fourth-order valence-corrected chi connectivity index (χ4v) is 4.71. The van der Waals surface area contributed by atoms with Crippen LogP contribution in [0.25, 0.3) is 0 Å². The normalized spacial score (nSPS) is 16.9. The van der Waals surface area contributed by atoms with E-state index in [0.717, 1.165) is 18.5 Å². The number of carboxylic acid groups (broad SMARTS) is 1. The zero-order valence-corrected chi connectivity index (χ0v) is 22.6. The average molecular weight is 587 g/mol. The number of nitrogens with one attached hydrogen (secondary N) is 1. The molecule has 3 unspecified atom stereocenters. The molecule has 0 saturated carbocycles. The van der Waals surface area contributed by atoms with Gasteiger partial charge in [0.05, 0.1) is 29.5 Å². The van der Waals surface area contributed by atoms with Gasteiger partial charge in [-0.15, -0.1) is 0 Å². The monoisotopic (exact) mass is 586 g/mol.